The number of carbonyl (C=O) groups excluding carboxylic acids is 1. The van der Waals surface area contributed by atoms with Gasteiger partial charge in [0.1, 0.15) is 0 Å². The number of nitrogens with two attached hydrogens (primary N) is 1. The maximum absolute atomic E-state index is 13.4. The first-order chi connectivity index (χ1) is 13.5. The van der Waals surface area contributed by atoms with Crippen molar-refractivity contribution in [3.05, 3.63) is 93.5 Å². The topological polar surface area (TPSA) is 82.4 Å². The van der Waals surface area contributed by atoms with E-state index in [-0.39, 0.29) is 5.69 Å². The molecule has 6 heteroatoms. The van der Waals surface area contributed by atoms with Crippen LogP contribution in [0.15, 0.2) is 65.5 Å². The number of hydrogen-bond donors (Lipinski definition) is 1. The molecule has 2 aromatic heterocycles. The molecule has 0 spiro atoms. The minimum atomic E-state index is -0.589. The number of amides is 1. The summed E-state index contributed by atoms with van der Waals surface area (Å²) in [6, 6.07) is 19.0. The third-order valence-corrected chi connectivity index (χ3v) is 4.99. The van der Waals surface area contributed by atoms with E-state index in [0.29, 0.717) is 29.0 Å². The van der Waals surface area contributed by atoms with Crippen LogP contribution >= 0.6 is 0 Å². The van der Waals surface area contributed by atoms with Crippen molar-refractivity contribution in [2.24, 2.45) is 5.73 Å². The van der Waals surface area contributed by atoms with Gasteiger partial charge < -0.3 is 5.73 Å². The van der Waals surface area contributed by atoms with Crippen LogP contribution in [-0.2, 0) is 6.54 Å². The summed E-state index contributed by atoms with van der Waals surface area (Å²) in [6.45, 7) is 3.97. The zero-order valence-corrected chi connectivity index (χ0v) is 15.7. The number of fused-ring (bicyclic) bond motifs is 1. The molecule has 0 fully saturated rings. The Kier molecular flexibility index (Phi) is 4.31. The summed E-state index contributed by atoms with van der Waals surface area (Å²) in [5.41, 5.74) is 9.95. The maximum atomic E-state index is 13.4. The third kappa shape index (κ3) is 2.79. The highest BCUT2D eigenvalue weighted by Crippen LogP contribution is 2.28. The molecule has 0 saturated carbocycles. The number of rotatable bonds is 4. The summed E-state index contributed by atoms with van der Waals surface area (Å²) in [7, 11) is 0. The molecule has 2 N–H and O–H groups in total. The van der Waals surface area contributed by atoms with Crippen molar-refractivity contribution in [1.29, 1.82) is 0 Å². The predicted octanol–water partition coefficient (Wildman–Crippen LogP) is 2.93. The largest absolute Gasteiger partial charge is 0.365 e. The first-order valence-corrected chi connectivity index (χ1v) is 9.01. The molecule has 0 bridgehead atoms. The highest BCUT2D eigenvalue weighted by atomic mass is 16.2. The fourth-order valence-electron chi connectivity index (χ4n) is 3.54. The normalized spacial score (nSPS) is 11.1. The highest BCUT2D eigenvalue weighted by Gasteiger charge is 2.25. The van der Waals surface area contributed by atoms with Gasteiger partial charge in [-0.3, -0.25) is 9.36 Å². The van der Waals surface area contributed by atoms with Gasteiger partial charge in [-0.05, 0) is 30.5 Å². The van der Waals surface area contributed by atoms with E-state index in [1.165, 1.54) is 4.52 Å². The first kappa shape index (κ1) is 17.7. The maximum Gasteiger partial charge on any atom is 0.350 e. The zero-order chi connectivity index (χ0) is 19.8. The quantitative estimate of drug-likeness (QED) is 0.598. The number of hydrogen-bond acceptors (Lipinski definition) is 3. The van der Waals surface area contributed by atoms with Crippen LogP contribution in [0.2, 0.25) is 0 Å². The molecule has 1 amide bonds. The fourth-order valence-corrected chi connectivity index (χ4v) is 3.54. The molecule has 0 unspecified atom stereocenters. The Bertz CT molecular complexity index is 1240. The van der Waals surface area contributed by atoms with Gasteiger partial charge in [0.25, 0.3) is 5.91 Å². The monoisotopic (exact) mass is 372 g/mol. The van der Waals surface area contributed by atoms with Crippen molar-refractivity contribution < 1.29 is 4.79 Å². The molecule has 0 atom stereocenters. The first-order valence-electron chi connectivity index (χ1n) is 9.01. The molecule has 0 saturated heterocycles. The molecular weight excluding hydrogens is 352 g/mol. The summed E-state index contributed by atoms with van der Waals surface area (Å²) in [4.78, 5) is 25.9. The van der Waals surface area contributed by atoms with Gasteiger partial charge >= 0.3 is 5.69 Å². The van der Waals surface area contributed by atoms with Gasteiger partial charge in [0.2, 0.25) is 0 Å². The minimum Gasteiger partial charge on any atom is -0.365 e. The molecule has 2 heterocycles. The lowest BCUT2D eigenvalue weighted by atomic mass is 10.0. The molecular formula is C22H20N4O2. The van der Waals surface area contributed by atoms with Gasteiger partial charge in [0.15, 0.2) is 0 Å². The number of aromatic nitrogens is 3. The van der Waals surface area contributed by atoms with Crippen LogP contribution in [0.1, 0.15) is 27.2 Å². The van der Waals surface area contributed by atoms with Crippen LogP contribution < -0.4 is 11.4 Å². The second kappa shape index (κ2) is 6.81. The molecule has 140 valence electrons. The van der Waals surface area contributed by atoms with Gasteiger partial charge in [-0.1, -0.05) is 60.7 Å². The molecule has 0 aliphatic rings. The van der Waals surface area contributed by atoms with E-state index in [0.717, 1.165) is 16.7 Å². The number of benzene rings is 2. The van der Waals surface area contributed by atoms with E-state index in [9.17, 15) is 9.59 Å². The van der Waals surface area contributed by atoms with Crippen molar-refractivity contribution in [2.45, 2.75) is 20.4 Å². The average molecular weight is 372 g/mol. The summed E-state index contributed by atoms with van der Waals surface area (Å²) in [5.74, 6) is -0.589. The molecule has 6 nitrogen and oxygen atoms in total. The summed E-state index contributed by atoms with van der Waals surface area (Å²) >= 11 is 0. The standard InChI is InChI=1S/C22H20N4O2/c1-14-15(2)24-26-19(14)18(21(23)27)20(17-11-7-4-8-12-17)25(22(26)28)13-16-9-5-3-6-10-16/h3-12H,13H2,1-2H3,(H2,23,27). The Labute approximate surface area is 161 Å². The van der Waals surface area contributed by atoms with E-state index in [4.69, 9.17) is 5.73 Å². The van der Waals surface area contributed by atoms with Gasteiger partial charge in [-0.2, -0.15) is 9.61 Å². The lowest BCUT2D eigenvalue weighted by Crippen LogP contribution is -2.32. The molecule has 2 aromatic carbocycles. The van der Waals surface area contributed by atoms with Crippen LogP contribution in [0.3, 0.4) is 0 Å². The number of nitrogens with zero attached hydrogens (tertiary/aromatic N) is 3. The Hall–Kier alpha value is -3.67. The van der Waals surface area contributed by atoms with E-state index >= 15 is 0 Å². The Balaban J connectivity index is 2.16. The SMILES string of the molecule is Cc1nn2c(=O)n(Cc3ccccc3)c(-c3ccccc3)c(C(N)=O)c2c1C. The fraction of sp³-hybridized carbons (Fsp3) is 0.136. The number of carbonyl (C=O) groups is 1. The summed E-state index contributed by atoms with van der Waals surface area (Å²) in [5, 5.41) is 4.37. The van der Waals surface area contributed by atoms with E-state index in [2.05, 4.69) is 5.10 Å². The van der Waals surface area contributed by atoms with Crippen LogP contribution in [0, 0.1) is 13.8 Å². The van der Waals surface area contributed by atoms with E-state index in [1.54, 1.807) is 4.57 Å². The van der Waals surface area contributed by atoms with Gasteiger partial charge in [-0.25, -0.2) is 4.79 Å². The Morgan fingerprint density at radius 3 is 2.21 bits per heavy atom. The molecule has 0 aliphatic carbocycles. The van der Waals surface area contributed by atoms with Gasteiger partial charge in [0.05, 0.1) is 29.0 Å². The number of primary amides is 1. The van der Waals surface area contributed by atoms with Crippen molar-refractivity contribution in [1.82, 2.24) is 14.2 Å². The minimum absolute atomic E-state index is 0.304. The molecule has 0 aliphatic heterocycles. The van der Waals surface area contributed by atoms with E-state index < -0.39 is 5.91 Å². The van der Waals surface area contributed by atoms with E-state index in [1.807, 2.05) is 74.5 Å². The smallest absolute Gasteiger partial charge is 0.350 e. The molecule has 4 rings (SSSR count). The lowest BCUT2D eigenvalue weighted by molar-refractivity contribution is 0.100. The summed E-state index contributed by atoms with van der Waals surface area (Å²) < 4.78 is 2.86. The zero-order valence-electron chi connectivity index (χ0n) is 15.7. The van der Waals surface area contributed by atoms with Crippen LogP contribution in [-0.4, -0.2) is 20.1 Å². The van der Waals surface area contributed by atoms with Crippen LogP contribution in [0.4, 0.5) is 0 Å². The number of aryl methyl sites for hydroxylation is 2. The van der Waals surface area contributed by atoms with Crippen LogP contribution in [0.5, 0.6) is 0 Å². The third-order valence-electron chi connectivity index (χ3n) is 4.99. The van der Waals surface area contributed by atoms with Crippen molar-refractivity contribution >= 4 is 11.4 Å². The Morgan fingerprint density at radius 1 is 1.00 bits per heavy atom. The van der Waals surface area contributed by atoms with Crippen molar-refractivity contribution in [2.75, 3.05) is 0 Å². The van der Waals surface area contributed by atoms with Gasteiger partial charge in [0, 0.05) is 0 Å². The molecule has 28 heavy (non-hydrogen) atoms. The highest BCUT2D eigenvalue weighted by molar-refractivity contribution is 6.06. The van der Waals surface area contributed by atoms with Crippen LogP contribution in [0.25, 0.3) is 16.8 Å². The average Bonchev–Trinajstić information content (AvgIpc) is 3.00. The Morgan fingerprint density at radius 2 is 1.61 bits per heavy atom. The predicted molar refractivity (Wildman–Crippen MR) is 108 cm³/mol. The molecule has 4 aromatic rings. The second-order valence-electron chi connectivity index (χ2n) is 6.78. The molecule has 0 radical (unpaired) electrons. The summed E-state index contributed by atoms with van der Waals surface area (Å²) in [6.07, 6.45) is 0. The van der Waals surface area contributed by atoms with Crippen molar-refractivity contribution in [3.63, 3.8) is 0 Å². The second-order valence-corrected chi connectivity index (χ2v) is 6.78. The lowest BCUT2D eigenvalue weighted by Gasteiger charge is -2.18. The van der Waals surface area contributed by atoms with Crippen molar-refractivity contribution in [3.8, 4) is 11.3 Å². The van der Waals surface area contributed by atoms with Gasteiger partial charge in [-0.15, -0.1) is 0 Å².